The van der Waals surface area contributed by atoms with Crippen molar-refractivity contribution in [3.63, 3.8) is 0 Å². The van der Waals surface area contributed by atoms with Crippen LogP contribution in [0.4, 0.5) is 11.6 Å². The summed E-state index contributed by atoms with van der Waals surface area (Å²) in [6, 6.07) is 12.5. The summed E-state index contributed by atoms with van der Waals surface area (Å²) in [5.41, 5.74) is 3.24. The Balaban J connectivity index is 0.00000187. The molecule has 3 aromatic rings. The van der Waals surface area contributed by atoms with Crippen molar-refractivity contribution in [2.45, 2.75) is 27.2 Å². The number of hydrogen-bond acceptors (Lipinski definition) is 7. The highest BCUT2D eigenvalue weighted by Crippen LogP contribution is 2.29. The molecule has 3 rings (SSSR count). The lowest BCUT2D eigenvalue weighted by molar-refractivity contribution is 0.0953. The van der Waals surface area contributed by atoms with Gasteiger partial charge in [-0.25, -0.2) is 9.97 Å². The van der Waals surface area contributed by atoms with Crippen LogP contribution in [0.25, 0.3) is 11.1 Å². The van der Waals surface area contributed by atoms with E-state index < -0.39 is 0 Å². The first-order valence-electron chi connectivity index (χ1n) is 10.7. The highest BCUT2D eigenvalue weighted by atomic mass is 16.5. The van der Waals surface area contributed by atoms with Gasteiger partial charge in [-0.3, -0.25) is 4.79 Å². The topological polar surface area (TPSA) is 109 Å². The summed E-state index contributed by atoms with van der Waals surface area (Å²) in [5, 5.41) is 15.1. The molecule has 2 N–H and O–H groups in total. The summed E-state index contributed by atoms with van der Waals surface area (Å²) in [4.78, 5) is 20.9. The molecule has 0 saturated heterocycles. The van der Waals surface area contributed by atoms with Gasteiger partial charge in [0.2, 0.25) is 5.95 Å². The van der Waals surface area contributed by atoms with Crippen molar-refractivity contribution in [3.8, 4) is 28.7 Å². The molecule has 0 fully saturated rings. The molecular formula is C25H29N5O3. The van der Waals surface area contributed by atoms with Gasteiger partial charge in [-0.2, -0.15) is 5.26 Å². The van der Waals surface area contributed by atoms with Gasteiger partial charge in [-0.1, -0.05) is 26.8 Å². The van der Waals surface area contributed by atoms with E-state index in [0.717, 1.165) is 17.5 Å². The van der Waals surface area contributed by atoms with E-state index in [1.807, 2.05) is 26.8 Å². The summed E-state index contributed by atoms with van der Waals surface area (Å²) in [6.07, 6.45) is 4.22. The Morgan fingerprint density at radius 2 is 1.70 bits per heavy atom. The van der Waals surface area contributed by atoms with Crippen LogP contribution >= 0.6 is 0 Å². The minimum Gasteiger partial charge on any atom is -0.495 e. The number of methoxy groups -OCH3 is 2. The van der Waals surface area contributed by atoms with Crippen LogP contribution in [-0.2, 0) is 0 Å². The molecule has 0 saturated carbocycles. The van der Waals surface area contributed by atoms with Gasteiger partial charge in [0.15, 0.2) is 0 Å². The first-order valence-corrected chi connectivity index (χ1v) is 10.7. The molecule has 0 bridgehead atoms. The maximum Gasteiger partial charge on any atom is 0.251 e. The number of carbonyl (C=O) groups is 1. The maximum absolute atomic E-state index is 12.2. The number of nitriles is 1. The van der Waals surface area contributed by atoms with Gasteiger partial charge in [0.1, 0.15) is 17.6 Å². The zero-order valence-corrected chi connectivity index (χ0v) is 19.6. The Morgan fingerprint density at radius 1 is 1.00 bits per heavy atom. The number of ether oxygens (including phenoxy) is 2. The predicted molar refractivity (Wildman–Crippen MR) is 129 cm³/mol. The Hall–Kier alpha value is -4.12. The average Bonchev–Trinajstić information content (AvgIpc) is 2.88. The fourth-order valence-corrected chi connectivity index (χ4v) is 2.90. The van der Waals surface area contributed by atoms with E-state index in [9.17, 15) is 4.79 Å². The van der Waals surface area contributed by atoms with Crippen molar-refractivity contribution in [2.24, 2.45) is 0 Å². The van der Waals surface area contributed by atoms with Gasteiger partial charge >= 0.3 is 0 Å². The number of rotatable bonds is 8. The van der Waals surface area contributed by atoms with Gasteiger partial charge in [-0.15, -0.1) is 0 Å². The summed E-state index contributed by atoms with van der Waals surface area (Å²) < 4.78 is 10.7. The maximum atomic E-state index is 12.2. The molecule has 33 heavy (non-hydrogen) atoms. The van der Waals surface area contributed by atoms with Gasteiger partial charge in [-0.05, 0) is 42.3 Å². The van der Waals surface area contributed by atoms with Crippen LogP contribution in [0.1, 0.15) is 43.1 Å². The second kappa shape index (κ2) is 12.7. The normalized spacial score (nSPS) is 9.70. The third-order valence-electron chi connectivity index (χ3n) is 4.55. The molecule has 172 valence electrons. The molecule has 0 radical (unpaired) electrons. The quantitative estimate of drug-likeness (QED) is 0.503. The molecule has 0 spiro atoms. The number of anilines is 2. The largest absolute Gasteiger partial charge is 0.495 e. The number of aromatic nitrogens is 2. The SMILES string of the molecule is CC.CCCNC(=O)c1ccc(Nc2ncc(-c3ccc(C#N)c(OC)c3)cn2)c(OC)c1. The first kappa shape index (κ1) is 25.1. The van der Waals surface area contributed by atoms with E-state index in [-0.39, 0.29) is 5.91 Å². The van der Waals surface area contributed by atoms with Crippen LogP contribution in [0.5, 0.6) is 11.5 Å². The fourth-order valence-electron chi connectivity index (χ4n) is 2.90. The van der Waals surface area contributed by atoms with E-state index >= 15 is 0 Å². The van der Waals surface area contributed by atoms with Crippen molar-refractivity contribution < 1.29 is 14.3 Å². The Labute approximate surface area is 194 Å². The van der Waals surface area contributed by atoms with Crippen LogP contribution < -0.4 is 20.1 Å². The van der Waals surface area contributed by atoms with Crippen LogP contribution in [0.15, 0.2) is 48.8 Å². The summed E-state index contributed by atoms with van der Waals surface area (Å²) in [5.74, 6) is 1.24. The minimum absolute atomic E-state index is 0.148. The number of nitrogens with zero attached hydrogens (tertiary/aromatic N) is 3. The van der Waals surface area contributed by atoms with Gasteiger partial charge < -0.3 is 20.1 Å². The highest BCUT2D eigenvalue weighted by molar-refractivity contribution is 5.95. The van der Waals surface area contributed by atoms with Crippen LogP contribution in [0.3, 0.4) is 0 Å². The molecule has 1 amide bonds. The van der Waals surface area contributed by atoms with E-state index in [1.165, 1.54) is 14.2 Å². The van der Waals surface area contributed by atoms with Crippen molar-refractivity contribution in [1.29, 1.82) is 5.26 Å². The summed E-state index contributed by atoms with van der Waals surface area (Å²) in [6.45, 7) is 6.61. The number of amides is 1. The van der Waals surface area contributed by atoms with E-state index in [2.05, 4.69) is 26.7 Å². The third-order valence-corrected chi connectivity index (χ3v) is 4.55. The monoisotopic (exact) mass is 447 g/mol. The van der Waals surface area contributed by atoms with E-state index in [4.69, 9.17) is 14.7 Å². The molecular weight excluding hydrogens is 418 g/mol. The molecule has 0 atom stereocenters. The highest BCUT2D eigenvalue weighted by Gasteiger charge is 2.12. The van der Waals surface area contributed by atoms with Gasteiger partial charge in [0.25, 0.3) is 5.91 Å². The Kier molecular flexibility index (Phi) is 9.65. The molecule has 0 aliphatic heterocycles. The molecule has 1 heterocycles. The summed E-state index contributed by atoms with van der Waals surface area (Å²) >= 11 is 0. The zero-order valence-electron chi connectivity index (χ0n) is 19.6. The fraction of sp³-hybridized carbons (Fsp3) is 0.280. The average molecular weight is 448 g/mol. The third kappa shape index (κ3) is 6.43. The minimum atomic E-state index is -0.148. The van der Waals surface area contributed by atoms with Gasteiger partial charge in [0, 0.05) is 30.1 Å². The number of hydrogen-bond donors (Lipinski definition) is 2. The first-order chi connectivity index (χ1) is 16.1. The lowest BCUT2D eigenvalue weighted by Gasteiger charge is -2.12. The number of nitrogens with one attached hydrogen (secondary N) is 2. The van der Waals surface area contributed by atoms with Crippen molar-refractivity contribution in [3.05, 3.63) is 59.9 Å². The lowest BCUT2D eigenvalue weighted by atomic mass is 10.1. The van der Waals surface area contributed by atoms with Crippen LogP contribution in [0.2, 0.25) is 0 Å². The lowest BCUT2D eigenvalue weighted by Crippen LogP contribution is -2.23. The molecule has 0 unspecified atom stereocenters. The molecule has 8 heteroatoms. The van der Waals surface area contributed by atoms with Crippen LogP contribution in [-0.4, -0.2) is 36.6 Å². The second-order valence-electron chi connectivity index (χ2n) is 6.62. The molecule has 1 aromatic heterocycles. The molecule has 8 nitrogen and oxygen atoms in total. The summed E-state index contributed by atoms with van der Waals surface area (Å²) in [7, 11) is 3.06. The molecule has 0 aliphatic carbocycles. The smallest absolute Gasteiger partial charge is 0.251 e. The standard InChI is InChI=1S/C23H23N5O3.C2H6/c1-4-9-25-22(29)16-7-8-19(21(11-16)31-3)28-23-26-13-18(14-27-23)15-5-6-17(12-24)20(10-15)30-2;1-2/h5-8,10-11,13-14H,4,9H2,1-3H3,(H,25,29)(H,26,27,28);1-2H3. The van der Waals surface area contributed by atoms with Crippen LogP contribution in [0, 0.1) is 11.3 Å². The van der Waals surface area contributed by atoms with Crippen molar-refractivity contribution >= 4 is 17.5 Å². The predicted octanol–water partition coefficient (Wildman–Crippen LogP) is 4.94. The second-order valence-corrected chi connectivity index (χ2v) is 6.62. The Bertz CT molecular complexity index is 1110. The Morgan fingerprint density at radius 3 is 2.30 bits per heavy atom. The molecule has 2 aromatic carbocycles. The number of benzene rings is 2. The van der Waals surface area contributed by atoms with Gasteiger partial charge in [0.05, 0.1) is 25.5 Å². The number of carbonyl (C=O) groups excluding carboxylic acids is 1. The van der Waals surface area contributed by atoms with E-state index in [0.29, 0.717) is 40.8 Å². The van der Waals surface area contributed by atoms with E-state index in [1.54, 1.807) is 42.7 Å². The zero-order chi connectivity index (χ0) is 24.2. The molecule has 0 aliphatic rings. The van der Waals surface area contributed by atoms with Crippen molar-refractivity contribution in [2.75, 3.05) is 26.1 Å². The van der Waals surface area contributed by atoms with Crippen molar-refractivity contribution in [1.82, 2.24) is 15.3 Å².